The number of ketones is 3. The minimum absolute atomic E-state index is 0.0249. The summed E-state index contributed by atoms with van der Waals surface area (Å²) in [6, 6.07) is -2.46. The van der Waals surface area contributed by atoms with Crippen molar-refractivity contribution in [3.63, 3.8) is 0 Å². The standard InChI is InChI=1S/C58H87N3O16/c1-33-15-11-10-12-16-34(2)47(75-42-29-44-54(68)60(23-24-62)57(71)61(44)32-42)30-41-20-18-39(7)58(72,77-41)53(67)55(69)59-22-14-13-17-43(59)56(70)76-48(36(4)27-40-19-21-45(63)49(28-40)73-8)31-46(64)35(3)26-38(6)51(66)52(74-9)50(65)37(5)25-33/h10-12,15-16,26,33,35-37,39-45,47-49,51-52,62-63,66,72H,13-14,17-25,27-32H2,1-9H3/b12-10+,15-11+,34-16+,38-26+/t33-,35-,36-,37-,39-,40+,41+,42-,43+,44+,45-,47-,48+,49-,51-,52+,58-/m1/s1. The molecule has 4 N–H and O–H groups in total. The number of carbonyl (C=O) groups excluding carboxylic acids is 7. The number of imide groups is 1. The summed E-state index contributed by atoms with van der Waals surface area (Å²) >= 11 is 0. The van der Waals surface area contributed by atoms with Crippen LogP contribution in [0.25, 0.3) is 0 Å². The minimum atomic E-state index is -2.57. The highest BCUT2D eigenvalue weighted by molar-refractivity contribution is 6.39. The number of fused-ring (bicyclic) bond motifs is 4. The fourth-order valence-electron chi connectivity index (χ4n) is 12.3. The van der Waals surface area contributed by atoms with E-state index >= 15 is 0 Å². The molecule has 5 heterocycles. The van der Waals surface area contributed by atoms with Crippen molar-refractivity contribution in [1.29, 1.82) is 0 Å². The van der Waals surface area contributed by atoms with Crippen molar-refractivity contribution >= 4 is 41.2 Å². The number of aliphatic hydroxyl groups excluding tert-OH is 3. The molecule has 1 saturated carbocycles. The second kappa shape index (κ2) is 27.6. The fourth-order valence-corrected chi connectivity index (χ4v) is 12.3. The summed E-state index contributed by atoms with van der Waals surface area (Å²) in [6.07, 6.45) is 9.03. The Labute approximate surface area is 454 Å². The van der Waals surface area contributed by atoms with Crippen LogP contribution in [0, 0.1) is 35.5 Å². The molecule has 0 aromatic rings. The first kappa shape index (κ1) is 61.7. The number of hydrogen-bond donors (Lipinski definition) is 4. The number of methoxy groups -OCH3 is 2. The molecule has 0 aromatic carbocycles. The van der Waals surface area contributed by atoms with Crippen LogP contribution in [-0.4, -0.2) is 183 Å². The Morgan fingerprint density at radius 3 is 2.26 bits per heavy atom. The van der Waals surface area contributed by atoms with Gasteiger partial charge < -0.3 is 53.9 Å². The second-order valence-electron chi connectivity index (χ2n) is 23.0. The summed E-state index contributed by atoms with van der Waals surface area (Å²) in [7, 11) is 2.91. The largest absolute Gasteiger partial charge is 0.460 e. The first-order chi connectivity index (χ1) is 36.5. The molecular weight excluding hydrogens is 995 g/mol. The van der Waals surface area contributed by atoms with E-state index in [9.17, 15) is 54.0 Å². The molecular formula is C58H87N3O16. The quantitative estimate of drug-likeness (QED) is 0.103. The van der Waals surface area contributed by atoms with Crippen molar-refractivity contribution in [2.24, 2.45) is 35.5 Å². The number of aliphatic hydroxyl groups is 4. The number of esters is 1. The Kier molecular flexibility index (Phi) is 22.1. The van der Waals surface area contributed by atoms with E-state index in [-0.39, 0.29) is 87.3 Å². The molecule has 77 heavy (non-hydrogen) atoms. The lowest BCUT2D eigenvalue weighted by Gasteiger charge is -2.43. The van der Waals surface area contributed by atoms with Crippen LogP contribution in [0.1, 0.15) is 132 Å². The number of urea groups is 1. The molecule has 6 rings (SSSR count). The van der Waals surface area contributed by atoms with Crippen LogP contribution in [0.5, 0.6) is 0 Å². The molecule has 6 aliphatic rings. The molecule has 19 heteroatoms. The number of rotatable bonds is 9. The van der Waals surface area contributed by atoms with E-state index < -0.39 is 108 Å². The van der Waals surface area contributed by atoms with Crippen LogP contribution < -0.4 is 0 Å². The van der Waals surface area contributed by atoms with Gasteiger partial charge in [-0.1, -0.05) is 71.1 Å². The normalized spacial score (nSPS) is 39.8. The average Bonchev–Trinajstić information content (AvgIpc) is 3.95. The van der Waals surface area contributed by atoms with Crippen molar-refractivity contribution < 1.29 is 77.7 Å². The van der Waals surface area contributed by atoms with E-state index in [1.54, 1.807) is 40.9 Å². The van der Waals surface area contributed by atoms with Gasteiger partial charge in [0.25, 0.3) is 17.6 Å². The zero-order valence-corrected chi connectivity index (χ0v) is 46.8. The monoisotopic (exact) mass is 1080 g/mol. The third kappa shape index (κ3) is 14.9. The van der Waals surface area contributed by atoms with E-state index in [0.717, 1.165) is 15.4 Å². The number of amides is 4. The number of ether oxygens (including phenoxy) is 5. The lowest BCUT2D eigenvalue weighted by atomic mass is 9.78. The second-order valence-corrected chi connectivity index (χ2v) is 23.0. The molecule has 0 unspecified atom stereocenters. The van der Waals surface area contributed by atoms with Gasteiger partial charge in [-0.15, -0.1) is 0 Å². The number of carbonyl (C=O) groups is 7. The molecule has 19 nitrogen and oxygen atoms in total. The van der Waals surface area contributed by atoms with E-state index in [1.807, 2.05) is 51.2 Å². The predicted octanol–water partition coefficient (Wildman–Crippen LogP) is 4.95. The fraction of sp³-hybridized carbons (Fsp3) is 0.741. The third-order valence-electron chi connectivity index (χ3n) is 17.2. The van der Waals surface area contributed by atoms with Gasteiger partial charge in [-0.3, -0.25) is 28.9 Å². The molecule has 5 fully saturated rings. The summed E-state index contributed by atoms with van der Waals surface area (Å²) in [6.45, 7) is 12.1. The Morgan fingerprint density at radius 2 is 1.57 bits per heavy atom. The van der Waals surface area contributed by atoms with E-state index in [2.05, 4.69) is 0 Å². The first-order valence-corrected chi connectivity index (χ1v) is 28.1. The summed E-state index contributed by atoms with van der Waals surface area (Å²) in [5.74, 6) is -9.16. The number of piperidine rings is 1. The zero-order chi connectivity index (χ0) is 56.5. The van der Waals surface area contributed by atoms with E-state index in [4.69, 9.17) is 23.7 Å². The van der Waals surface area contributed by atoms with Crippen LogP contribution in [0.3, 0.4) is 0 Å². The minimum Gasteiger partial charge on any atom is -0.460 e. The van der Waals surface area contributed by atoms with E-state index in [1.165, 1.54) is 12.0 Å². The van der Waals surface area contributed by atoms with Crippen LogP contribution in [0.15, 0.2) is 47.6 Å². The highest BCUT2D eigenvalue weighted by atomic mass is 16.6. The Morgan fingerprint density at radius 1 is 0.831 bits per heavy atom. The molecule has 430 valence electrons. The Balaban J connectivity index is 1.31. The smallest absolute Gasteiger partial charge is 0.329 e. The molecule has 0 aromatic heterocycles. The van der Waals surface area contributed by atoms with Crippen molar-refractivity contribution in [2.45, 2.75) is 199 Å². The van der Waals surface area contributed by atoms with Crippen LogP contribution in [-0.2, 0) is 52.5 Å². The Hall–Kier alpha value is -4.47. The van der Waals surface area contributed by atoms with Gasteiger partial charge >= 0.3 is 12.0 Å². The highest BCUT2D eigenvalue weighted by Gasteiger charge is 2.54. The van der Waals surface area contributed by atoms with Gasteiger partial charge in [-0.2, -0.15) is 0 Å². The average molecular weight is 1080 g/mol. The van der Waals surface area contributed by atoms with Gasteiger partial charge in [0.1, 0.15) is 36.2 Å². The van der Waals surface area contributed by atoms with Crippen molar-refractivity contribution in [1.82, 2.24) is 14.7 Å². The SMILES string of the molecule is CO[C@@H]1C[C@H](C[C@@H](C)[C@@H]2CC(=O)[C@H](C)/C=C(\C)[C@@H](O)[C@@H](OC)C(=O)[C@H](C)C[C@H](C)/C=C/C=C/C=C(\C)[C@H](O[C@@H]3C[C@H]4C(=O)N(CCO)C(=O)N4C3)C[C@@H]3CC[C@@H](C)[C@@](O)(O3)C(=O)C(=O)N3CCCC[C@H]3C(=O)O2)CC[C@H]1O. The number of Topliss-reactive ketones (excluding diaryl/α,β-unsaturated/α-hetero) is 3. The summed E-state index contributed by atoms with van der Waals surface area (Å²) in [4.78, 5) is 102. The molecule has 2 bridgehead atoms. The number of nitrogens with zero attached hydrogens (tertiary/aromatic N) is 3. The molecule has 1 aliphatic carbocycles. The first-order valence-electron chi connectivity index (χ1n) is 28.1. The maximum absolute atomic E-state index is 14.6. The highest BCUT2D eigenvalue weighted by Crippen LogP contribution is 2.39. The molecule has 17 atom stereocenters. The number of allylic oxidation sites excluding steroid dienone is 6. The predicted molar refractivity (Wildman–Crippen MR) is 282 cm³/mol. The topological polar surface area (TPSA) is 256 Å². The van der Waals surface area contributed by atoms with Crippen molar-refractivity contribution in [3.8, 4) is 0 Å². The molecule has 0 radical (unpaired) electrons. The van der Waals surface area contributed by atoms with Gasteiger partial charge in [-0.25, -0.2) is 9.59 Å². The molecule has 0 spiro atoms. The van der Waals surface area contributed by atoms with Crippen LogP contribution >= 0.6 is 0 Å². The summed E-state index contributed by atoms with van der Waals surface area (Å²) in [5, 5.41) is 43.8. The maximum Gasteiger partial charge on any atom is 0.329 e. The molecule has 4 saturated heterocycles. The van der Waals surface area contributed by atoms with Gasteiger partial charge in [0, 0.05) is 64.3 Å². The van der Waals surface area contributed by atoms with Crippen LogP contribution in [0.4, 0.5) is 4.79 Å². The maximum atomic E-state index is 14.6. The third-order valence-corrected chi connectivity index (χ3v) is 17.2. The molecule has 5 aliphatic heterocycles. The van der Waals surface area contributed by atoms with Gasteiger partial charge in [-0.05, 0) is 107 Å². The number of cyclic esters (lactones) is 1. The number of β-amino-alcohol motifs (C(OH)–C–C–N with tert-alkyl or cyclic N) is 1. The molecule has 4 amide bonds. The lowest BCUT2D eigenvalue weighted by molar-refractivity contribution is -0.266. The van der Waals surface area contributed by atoms with Gasteiger partial charge in [0.05, 0.1) is 43.7 Å². The van der Waals surface area contributed by atoms with Crippen molar-refractivity contribution in [2.75, 3.05) is 40.5 Å². The van der Waals surface area contributed by atoms with Gasteiger partial charge in [0.2, 0.25) is 5.79 Å². The van der Waals surface area contributed by atoms with Gasteiger partial charge in [0.15, 0.2) is 5.78 Å². The van der Waals surface area contributed by atoms with Crippen molar-refractivity contribution in [3.05, 3.63) is 47.6 Å². The van der Waals surface area contributed by atoms with Crippen LogP contribution in [0.2, 0.25) is 0 Å². The Bertz CT molecular complexity index is 2220. The lowest BCUT2D eigenvalue weighted by Crippen LogP contribution is -2.61. The number of hydrogen-bond acceptors (Lipinski definition) is 16. The zero-order valence-electron chi connectivity index (χ0n) is 46.8. The summed E-state index contributed by atoms with van der Waals surface area (Å²) in [5.41, 5.74) is 1.09. The summed E-state index contributed by atoms with van der Waals surface area (Å²) < 4.78 is 30.5. The van der Waals surface area contributed by atoms with E-state index in [0.29, 0.717) is 63.4 Å².